The maximum absolute atomic E-state index is 13.6. The number of carbonyl (C=O) groups is 2. The molecule has 1 unspecified atom stereocenters. The molecule has 1 saturated carbocycles. The van der Waals surface area contributed by atoms with Crippen LogP contribution in [0.5, 0.6) is 0 Å². The van der Waals surface area contributed by atoms with Crippen molar-refractivity contribution in [2.24, 2.45) is 0 Å². The van der Waals surface area contributed by atoms with Crippen LogP contribution in [-0.2, 0) is 27.6 Å². The molecule has 2 aliphatic rings. The Bertz CT molecular complexity index is 1050. The number of rotatable bonds is 6. The predicted octanol–water partition coefficient (Wildman–Crippen LogP) is 4.23. The van der Waals surface area contributed by atoms with E-state index in [2.05, 4.69) is 15.6 Å². The molecule has 0 spiro atoms. The molecule has 0 radical (unpaired) electrons. The van der Waals surface area contributed by atoms with Crippen LogP contribution in [0.4, 0.5) is 26.3 Å². The van der Waals surface area contributed by atoms with Crippen LogP contribution >= 0.6 is 0 Å². The van der Waals surface area contributed by atoms with Crippen molar-refractivity contribution in [1.29, 1.82) is 0 Å². The van der Waals surface area contributed by atoms with Crippen LogP contribution in [0, 0.1) is 0 Å². The monoisotopic (exact) mass is 473 g/mol. The summed E-state index contributed by atoms with van der Waals surface area (Å²) in [5.74, 6) is -0.728. The van der Waals surface area contributed by atoms with Crippen LogP contribution in [-0.4, -0.2) is 35.6 Å². The summed E-state index contributed by atoms with van der Waals surface area (Å²) in [4.78, 5) is 26.7. The van der Waals surface area contributed by atoms with Gasteiger partial charge in [0.1, 0.15) is 11.5 Å². The van der Waals surface area contributed by atoms with Gasteiger partial charge < -0.3 is 15.6 Å². The Hall–Kier alpha value is -2.98. The smallest absolute Gasteiger partial charge is 0.357 e. The Morgan fingerprint density at radius 1 is 1.09 bits per heavy atom. The fraction of sp³-hybridized carbons (Fsp3) is 0.455. The second-order valence-electron chi connectivity index (χ2n) is 8.44. The molecule has 3 N–H and O–H groups in total. The van der Waals surface area contributed by atoms with Gasteiger partial charge in [0.05, 0.1) is 5.56 Å². The minimum absolute atomic E-state index is 0.0565. The molecule has 0 bridgehead atoms. The predicted molar refractivity (Wildman–Crippen MR) is 106 cm³/mol. The molecule has 1 saturated heterocycles. The van der Waals surface area contributed by atoms with Crippen molar-refractivity contribution in [1.82, 2.24) is 15.6 Å². The van der Waals surface area contributed by atoms with Gasteiger partial charge in [0.2, 0.25) is 11.8 Å². The number of carbonyl (C=O) groups excluding carboxylic acids is 2. The fourth-order valence-electron chi connectivity index (χ4n) is 4.11. The quantitative estimate of drug-likeness (QED) is 0.550. The number of aromatic amines is 1. The maximum Gasteiger partial charge on any atom is 0.416 e. The van der Waals surface area contributed by atoms with Crippen LogP contribution in [0.25, 0.3) is 11.3 Å². The molecular formula is C22H21F6N3O2. The first-order chi connectivity index (χ1) is 15.4. The molecule has 1 aromatic carbocycles. The van der Waals surface area contributed by atoms with Crippen molar-refractivity contribution in [3.63, 3.8) is 0 Å². The summed E-state index contributed by atoms with van der Waals surface area (Å²) in [6.07, 6.45) is -8.76. The molecule has 2 heterocycles. The molecule has 2 amide bonds. The van der Waals surface area contributed by atoms with Crippen molar-refractivity contribution < 1.29 is 35.9 Å². The number of hydrogen-bond donors (Lipinski definition) is 3. The van der Waals surface area contributed by atoms with Gasteiger partial charge in [-0.3, -0.25) is 9.59 Å². The van der Waals surface area contributed by atoms with Gasteiger partial charge >= 0.3 is 12.4 Å². The van der Waals surface area contributed by atoms with Crippen LogP contribution < -0.4 is 10.6 Å². The molecule has 2 aromatic rings. The molecule has 178 valence electrons. The highest BCUT2D eigenvalue weighted by Crippen LogP contribution is 2.59. The number of H-pyrrole nitrogens is 1. The second-order valence-corrected chi connectivity index (χ2v) is 8.44. The van der Waals surface area contributed by atoms with E-state index in [1.807, 2.05) is 0 Å². The first kappa shape index (κ1) is 23.2. The van der Waals surface area contributed by atoms with E-state index in [4.69, 9.17) is 0 Å². The van der Waals surface area contributed by atoms with Gasteiger partial charge in [-0.05, 0) is 55.0 Å². The molecule has 33 heavy (non-hydrogen) atoms. The average Bonchev–Trinajstić information content (AvgIpc) is 3.31. The number of halogens is 6. The lowest BCUT2D eigenvalue weighted by atomic mass is 9.99. The zero-order chi connectivity index (χ0) is 24.0. The number of aryl methyl sites for hydroxylation is 1. The van der Waals surface area contributed by atoms with Crippen molar-refractivity contribution in [2.75, 3.05) is 6.54 Å². The molecule has 1 aromatic heterocycles. The molecule has 1 aliphatic heterocycles. The molecular weight excluding hydrogens is 452 g/mol. The van der Waals surface area contributed by atoms with E-state index in [0.717, 1.165) is 12.1 Å². The normalized spacial score (nSPS) is 19.9. The Morgan fingerprint density at radius 3 is 2.27 bits per heavy atom. The summed E-state index contributed by atoms with van der Waals surface area (Å²) in [7, 11) is 0. The summed E-state index contributed by atoms with van der Waals surface area (Å²) in [5, 5.41) is 5.18. The standard InChI is InChI=1S/C22H21F6N3O2/c23-21(24,25)14-4-1-12(2-5-14)18-13(3-6-17(32)30-15-7-10-29-19(15)33)11-16(31-18)20(8-9-20)22(26,27)28/h1-2,4-5,11,15,31H,3,6-10H2,(H,29,33)(H,30,32). The summed E-state index contributed by atoms with van der Waals surface area (Å²) in [5.41, 5.74) is -2.00. The summed E-state index contributed by atoms with van der Waals surface area (Å²) in [6, 6.07) is 4.82. The third-order valence-corrected chi connectivity index (χ3v) is 6.21. The Labute approximate surface area is 184 Å². The third-order valence-electron chi connectivity index (χ3n) is 6.21. The van der Waals surface area contributed by atoms with Crippen molar-refractivity contribution in [2.45, 2.75) is 55.9 Å². The van der Waals surface area contributed by atoms with Gasteiger partial charge in [0.25, 0.3) is 0 Å². The summed E-state index contributed by atoms with van der Waals surface area (Å²) >= 11 is 0. The molecule has 2 fully saturated rings. The molecule has 1 atom stereocenters. The minimum Gasteiger partial charge on any atom is -0.357 e. The Morgan fingerprint density at radius 2 is 1.76 bits per heavy atom. The highest BCUT2D eigenvalue weighted by molar-refractivity contribution is 5.89. The van der Waals surface area contributed by atoms with E-state index in [1.54, 1.807) is 0 Å². The highest BCUT2D eigenvalue weighted by atomic mass is 19.4. The summed E-state index contributed by atoms with van der Waals surface area (Å²) in [6.45, 7) is 0.447. The molecule has 11 heteroatoms. The van der Waals surface area contributed by atoms with E-state index >= 15 is 0 Å². The lowest BCUT2D eigenvalue weighted by Crippen LogP contribution is -2.40. The van der Waals surface area contributed by atoms with E-state index < -0.39 is 35.3 Å². The van der Waals surface area contributed by atoms with Gasteiger partial charge in [-0.2, -0.15) is 26.3 Å². The van der Waals surface area contributed by atoms with Gasteiger partial charge in [-0.25, -0.2) is 0 Å². The number of hydrogen-bond acceptors (Lipinski definition) is 2. The number of aromatic nitrogens is 1. The largest absolute Gasteiger partial charge is 0.416 e. The van der Waals surface area contributed by atoms with Crippen molar-refractivity contribution in [3.8, 4) is 11.3 Å². The zero-order valence-corrected chi connectivity index (χ0v) is 17.3. The van der Waals surface area contributed by atoms with Crippen molar-refractivity contribution >= 4 is 11.8 Å². The number of amides is 2. The van der Waals surface area contributed by atoms with Crippen molar-refractivity contribution in [3.05, 3.63) is 47.2 Å². The van der Waals surface area contributed by atoms with Crippen LogP contribution in [0.15, 0.2) is 30.3 Å². The number of benzene rings is 1. The molecule has 5 nitrogen and oxygen atoms in total. The van der Waals surface area contributed by atoms with Gasteiger partial charge in [0.15, 0.2) is 0 Å². The Kier molecular flexibility index (Phi) is 5.69. The van der Waals surface area contributed by atoms with E-state index in [0.29, 0.717) is 18.5 Å². The van der Waals surface area contributed by atoms with E-state index in [1.165, 1.54) is 18.2 Å². The molecule has 4 rings (SSSR count). The lowest BCUT2D eigenvalue weighted by Gasteiger charge is -2.17. The summed E-state index contributed by atoms with van der Waals surface area (Å²) < 4.78 is 79.6. The second kappa shape index (κ2) is 8.11. The first-order valence-corrected chi connectivity index (χ1v) is 10.4. The van der Waals surface area contributed by atoms with Crippen LogP contribution in [0.2, 0.25) is 0 Å². The van der Waals surface area contributed by atoms with Gasteiger partial charge in [-0.1, -0.05) is 12.1 Å². The van der Waals surface area contributed by atoms with Crippen LogP contribution in [0.3, 0.4) is 0 Å². The third kappa shape index (κ3) is 4.58. The minimum atomic E-state index is -4.54. The SMILES string of the molecule is O=C(CCc1cc(C2(C(F)(F)F)CC2)[nH]c1-c1ccc(C(F)(F)F)cc1)NC1CCNC1=O. The number of alkyl halides is 6. The van der Waals surface area contributed by atoms with Gasteiger partial charge in [0, 0.05) is 24.4 Å². The topological polar surface area (TPSA) is 74.0 Å². The Balaban J connectivity index is 1.59. The average molecular weight is 473 g/mol. The van der Waals surface area contributed by atoms with E-state index in [-0.39, 0.29) is 48.5 Å². The lowest BCUT2D eigenvalue weighted by molar-refractivity contribution is -0.161. The first-order valence-electron chi connectivity index (χ1n) is 10.4. The van der Waals surface area contributed by atoms with E-state index in [9.17, 15) is 35.9 Å². The number of nitrogens with one attached hydrogen (secondary N) is 3. The zero-order valence-electron chi connectivity index (χ0n) is 17.3. The van der Waals surface area contributed by atoms with Gasteiger partial charge in [-0.15, -0.1) is 0 Å². The fourth-order valence-corrected chi connectivity index (χ4v) is 4.11. The maximum atomic E-state index is 13.6. The molecule has 1 aliphatic carbocycles. The van der Waals surface area contributed by atoms with Crippen LogP contribution in [0.1, 0.15) is 42.5 Å². The highest BCUT2D eigenvalue weighted by Gasteiger charge is 2.65.